The van der Waals surface area contributed by atoms with Crippen LogP contribution in [0.1, 0.15) is 16.0 Å². The van der Waals surface area contributed by atoms with Gasteiger partial charge >= 0.3 is 6.18 Å². The molecule has 0 aliphatic heterocycles. The summed E-state index contributed by atoms with van der Waals surface area (Å²) in [6, 6.07) is 6.49. The van der Waals surface area contributed by atoms with Gasteiger partial charge in [0, 0.05) is 18.0 Å². The molecule has 0 unspecified atom stereocenters. The van der Waals surface area contributed by atoms with Crippen molar-refractivity contribution in [3.63, 3.8) is 0 Å². The molecular formula is C13H10BrF4NS. The molecule has 0 aliphatic carbocycles. The molecule has 1 aromatic heterocycles. The second-order valence-electron chi connectivity index (χ2n) is 4.11. The number of rotatable bonds is 4. The number of hydrogen-bond acceptors (Lipinski definition) is 2. The summed E-state index contributed by atoms with van der Waals surface area (Å²) in [4.78, 5) is 1.01. The molecule has 0 atom stereocenters. The van der Waals surface area contributed by atoms with E-state index in [-0.39, 0.29) is 12.1 Å². The van der Waals surface area contributed by atoms with Gasteiger partial charge in [-0.25, -0.2) is 4.39 Å². The van der Waals surface area contributed by atoms with Crippen LogP contribution in [-0.4, -0.2) is 0 Å². The van der Waals surface area contributed by atoms with Gasteiger partial charge in [-0.05, 0) is 45.8 Å². The quantitative estimate of drug-likeness (QED) is 0.753. The van der Waals surface area contributed by atoms with Gasteiger partial charge in [-0.1, -0.05) is 6.07 Å². The zero-order valence-electron chi connectivity index (χ0n) is 10.1. The summed E-state index contributed by atoms with van der Waals surface area (Å²) in [7, 11) is 0. The lowest BCUT2D eigenvalue weighted by Gasteiger charge is -2.13. The topological polar surface area (TPSA) is 12.0 Å². The highest BCUT2D eigenvalue weighted by Gasteiger charge is 2.33. The van der Waals surface area contributed by atoms with Gasteiger partial charge in [0.25, 0.3) is 0 Å². The third-order valence-corrected chi connectivity index (χ3v) is 4.24. The standard InChI is InChI=1S/C13H10BrF4NS/c14-12-4-3-10(20-12)7-19-6-8-1-2-9(15)5-11(8)13(16,17)18/h1-5,19H,6-7H2. The van der Waals surface area contributed by atoms with Crippen LogP contribution in [0.15, 0.2) is 34.1 Å². The minimum Gasteiger partial charge on any atom is -0.308 e. The van der Waals surface area contributed by atoms with Gasteiger partial charge in [-0.15, -0.1) is 11.3 Å². The SMILES string of the molecule is Fc1ccc(CNCc2ccc(Br)s2)c(C(F)(F)F)c1. The second-order valence-corrected chi connectivity index (χ2v) is 6.66. The number of halogens is 5. The van der Waals surface area contributed by atoms with E-state index in [1.165, 1.54) is 11.3 Å². The molecule has 0 amide bonds. The van der Waals surface area contributed by atoms with Crippen LogP contribution in [-0.2, 0) is 19.3 Å². The fourth-order valence-electron chi connectivity index (χ4n) is 1.73. The van der Waals surface area contributed by atoms with Crippen LogP contribution in [0.25, 0.3) is 0 Å². The highest BCUT2D eigenvalue weighted by atomic mass is 79.9. The lowest BCUT2D eigenvalue weighted by Crippen LogP contribution is -2.17. The monoisotopic (exact) mass is 367 g/mol. The third kappa shape index (κ3) is 4.04. The molecule has 0 radical (unpaired) electrons. The first-order valence-electron chi connectivity index (χ1n) is 5.67. The summed E-state index contributed by atoms with van der Waals surface area (Å²) in [5.74, 6) is -0.886. The smallest absolute Gasteiger partial charge is 0.308 e. The van der Waals surface area contributed by atoms with Crippen molar-refractivity contribution in [1.82, 2.24) is 5.32 Å². The summed E-state index contributed by atoms with van der Waals surface area (Å²) in [5.41, 5.74) is -0.896. The van der Waals surface area contributed by atoms with Crippen molar-refractivity contribution >= 4 is 27.3 Å². The fourth-order valence-corrected chi connectivity index (χ4v) is 3.19. The maximum absolute atomic E-state index is 12.9. The average molecular weight is 368 g/mol. The average Bonchev–Trinajstić information content (AvgIpc) is 2.76. The van der Waals surface area contributed by atoms with Crippen molar-refractivity contribution in [2.24, 2.45) is 0 Å². The van der Waals surface area contributed by atoms with E-state index in [4.69, 9.17) is 0 Å². The number of alkyl halides is 3. The van der Waals surface area contributed by atoms with E-state index in [9.17, 15) is 17.6 Å². The van der Waals surface area contributed by atoms with Crippen LogP contribution in [0.4, 0.5) is 17.6 Å². The van der Waals surface area contributed by atoms with E-state index in [0.717, 1.165) is 20.8 Å². The highest BCUT2D eigenvalue weighted by molar-refractivity contribution is 9.11. The predicted molar refractivity (Wildman–Crippen MR) is 74.0 cm³/mol. The molecule has 1 N–H and O–H groups in total. The summed E-state index contributed by atoms with van der Waals surface area (Å²) in [5, 5.41) is 2.93. The molecule has 2 aromatic rings. The van der Waals surface area contributed by atoms with Crippen molar-refractivity contribution in [1.29, 1.82) is 0 Å². The lowest BCUT2D eigenvalue weighted by molar-refractivity contribution is -0.138. The summed E-state index contributed by atoms with van der Waals surface area (Å²) < 4.78 is 52.3. The molecule has 1 aromatic carbocycles. The summed E-state index contributed by atoms with van der Waals surface area (Å²) >= 11 is 4.82. The van der Waals surface area contributed by atoms with Gasteiger partial charge in [0.15, 0.2) is 0 Å². The number of benzene rings is 1. The van der Waals surface area contributed by atoms with Crippen LogP contribution < -0.4 is 5.32 Å². The largest absolute Gasteiger partial charge is 0.416 e. The Morgan fingerprint density at radius 3 is 2.45 bits per heavy atom. The minimum atomic E-state index is -4.55. The fraction of sp³-hybridized carbons (Fsp3) is 0.231. The Labute approximate surface area is 125 Å². The molecule has 1 nitrogen and oxygen atoms in total. The van der Waals surface area contributed by atoms with Crippen molar-refractivity contribution < 1.29 is 17.6 Å². The van der Waals surface area contributed by atoms with Crippen molar-refractivity contribution in [3.8, 4) is 0 Å². The molecule has 7 heteroatoms. The molecule has 2 rings (SSSR count). The van der Waals surface area contributed by atoms with Gasteiger partial charge in [0.1, 0.15) is 5.82 Å². The number of nitrogens with one attached hydrogen (secondary N) is 1. The van der Waals surface area contributed by atoms with Gasteiger partial charge in [0.05, 0.1) is 9.35 Å². The Balaban J connectivity index is 2.06. The Kier molecular flexibility index (Phi) is 4.82. The maximum atomic E-state index is 12.9. The zero-order chi connectivity index (χ0) is 14.8. The highest BCUT2D eigenvalue weighted by Crippen LogP contribution is 2.32. The van der Waals surface area contributed by atoms with E-state index in [1.807, 2.05) is 12.1 Å². The maximum Gasteiger partial charge on any atom is 0.416 e. The first-order valence-corrected chi connectivity index (χ1v) is 7.28. The van der Waals surface area contributed by atoms with Crippen LogP contribution in [0.5, 0.6) is 0 Å². The summed E-state index contributed by atoms with van der Waals surface area (Å²) in [6.45, 7) is 0.496. The number of hydrogen-bond donors (Lipinski definition) is 1. The Morgan fingerprint density at radius 1 is 1.10 bits per heavy atom. The zero-order valence-corrected chi connectivity index (χ0v) is 12.5. The third-order valence-electron chi connectivity index (χ3n) is 2.62. The molecule has 0 saturated heterocycles. The van der Waals surface area contributed by atoms with Gasteiger partial charge in [0.2, 0.25) is 0 Å². The molecule has 0 bridgehead atoms. The van der Waals surface area contributed by atoms with Crippen LogP contribution in [0.2, 0.25) is 0 Å². The normalized spacial score (nSPS) is 11.8. The molecule has 108 valence electrons. The van der Waals surface area contributed by atoms with Crippen LogP contribution in [0, 0.1) is 5.82 Å². The summed E-state index contributed by atoms with van der Waals surface area (Å²) in [6.07, 6.45) is -4.55. The lowest BCUT2D eigenvalue weighted by atomic mass is 10.1. The molecule has 0 fully saturated rings. The van der Waals surface area contributed by atoms with Crippen molar-refractivity contribution in [3.05, 3.63) is 55.9 Å². The van der Waals surface area contributed by atoms with Crippen LogP contribution in [0.3, 0.4) is 0 Å². The van der Waals surface area contributed by atoms with Crippen molar-refractivity contribution in [2.45, 2.75) is 19.3 Å². The van der Waals surface area contributed by atoms with Gasteiger partial charge in [-0.2, -0.15) is 13.2 Å². The molecule has 0 spiro atoms. The van der Waals surface area contributed by atoms with Gasteiger partial charge < -0.3 is 5.32 Å². The van der Waals surface area contributed by atoms with E-state index in [0.29, 0.717) is 12.6 Å². The molecule has 20 heavy (non-hydrogen) atoms. The van der Waals surface area contributed by atoms with E-state index in [2.05, 4.69) is 21.2 Å². The Bertz CT molecular complexity index is 594. The van der Waals surface area contributed by atoms with E-state index < -0.39 is 17.6 Å². The van der Waals surface area contributed by atoms with E-state index >= 15 is 0 Å². The first-order chi connectivity index (χ1) is 9.36. The van der Waals surface area contributed by atoms with Crippen LogP contribution >= 0.6 is 27.3 Å². The Morgan fingerprint density at radius 2 is 1.85 bits per heavy atom. The Hall–Kier alpha value is -0.920. The van der Waals surface area contributed by atoms with Crippen molar-refractivity contribution in [2.75, 3.05) is 0 Å². The van der Waals surface area contributed by atoms with E-state index in [1.54, 1.807) is 0 Å². The first kappa shape index (κ1) is 15.5. The predicted octanol–water partition coefficient (Wildman–Crippen LogP) is 4.96. The molecule has 0 saturated carbocycles. The molecular weight excluding hydrogens is 358 g/mol. The molecule has 0 aliphatic rings. The molecule has 1 heterocycles. The number of thiophene rings is 1. The minimum absolute atomic E-state index is 0.0324. The van der Waals surface area contributed by atoms with Gasteiger partial charge in [-0.3, -0.25) is 0 Å². The second kappa shape index (κ2) is 6.24.